The van der Waals surface area contributed by atoms with Gasteiger partial charge in [0, 0.05) is 57.4 Å². The van der Waals surface area contributed by atoms with Crippen LogP contribution in [0.4, 0.5) is 10.5 Å². The zero-order valence-electron chi connectivity index (χ0n) is 27.8. The van der Waals surface area contributed by atoms with E-state index < -0.39 is 23.6 Å². The number of fused-ring (bicyclic) bond motifs is 1. The lowest BCUT2D eigenvalue weighted by Crippen LogP contribution is -2.44. The van der Waals surface area contributed by atoms with Gasteiger partial charge in [-0.3, -0.25) is 9.59 Å². The largest absolute Gasteiger partial charge is 0.465 e. The third-order valence-electron chi connectivity index (χ3n) is 8.77. The third kappa shape index (κ3) is 8.78. The van der Waals surface area contributed by atoms with E-state index in [2.05, 4.69) is 21.3 Å². The molecule has 0 saturated carbocycles. The zero-order valence-corrected chi connectivity index (χ0v) is 27.8. The highest BCUT2D eigenvalue weighted by atomic mass is 16.5. The van der Waals surface area contributed by atoms with Crippen LogP contribution in [0.5, 0.6) is 0 Å². The van der Waals surface area contributed by atoms with Crippen LogP contribution in [0, 0.1) is 0 Å². The number of aliphatic hydroxyl groups is 1. The summed E-state index contributed by atoms with van der Waals surface area (Å²) in [6.45, 7) is 5.47. The molecular weight excluding hydrogens is 610 g/mol. The summed E-state index contributed by atoms with van der Waals surface area (Å²) in [4.78, 5) is 44.2. The van der Waals surface area contributed by atoms with Crippen molar-refractivity contribution in [2.75, 3.05) is 32.1 Å². The summed E-state index contributed by atoms with van der Waals surface area (Å²) < 4.78 is 7.55. The fourth-order valence-corrected chi connectivity index (χ4v) is 6.26. The predicted octanol–water partition coefficient (Wildman–Crippen LogP) is 5.42. The second kappa shape index (κ2) is 15.4. The first-order valence-corrected chi connectivity index (χ1v) is 16.5. The Balaban J connectivity index is 1.23. The van der Waals surface area contributed by atoms with Crippen LogP contribution in [0.3, 0.4) is 0 Å². The van der Waals surface area contributed by atoms with Crippen LogP contribution in [0.25, 0.3) is 22.2 Å². The maximum absolute atomic E-state index is 13.6. The molecule has 11 heteroatoms. The monoisotopic (exact) mass is 655 g/mol. The van der Waals surface area contributed by atoms with Gasteiger partial charge >= 0.3 is 6.09 Å². The third-order valence-corrected chi connectivity index (χ3v) is 8.77. The Kier molecular flexibility index (Phi) is 11.1. The summed E-state index contributed by atoms with van der Waals surface area (Å²) in [7, 11) is 1.70. The number of para-hydroxylation sites is 2. The molecule has 1 fully saturated rings. The Hall–Kier alpha value is -4.74. The molecular formula is C37H45N5O6. The first kappa shape index (κ1) is 34.6. The Morgan fingerprint density at radius 2 is 1.71 bits per heavy atom. The SMILES string of the molecule is COCCCn1c([C@@H]2CCCN(C(=O)C[C@@H](Cc3ccc(-c4ccc(NC(=O)C(C)(C)O)cc4)cc3)NC(=O)O)C2)nc2ccccc21. The number of piperidine rings is 1. The van der Waals surface area contributed by atoms with Gasteiger partial charge in [-0.15, -0.1) is 0 Å². The van der Waals surface area contributed by atoms with Gasteiger partial charge in [0.25, 0.3) is 5.91 Å². The maximum atomic E-state index is 13.6. The van der Waals surface area contributed by atoms with Gasteiger partial charge in [-0.1, -0.05) is 48.5 Å². The lowest BCUT2D eigenvalue weighted by Gasteiger charge is -2.33. The Morgan fingerprint density at radius 3 is 2.38 bits per heavy atom. The summed E-state index contributed by atoms with van der Waals surface area (Å²) in [6.07, 6.45) is 1.90. The van der Waals surface area contributed by atoms with Gasteiger partial charge in [0.2, 0.25) is 5.91 Å². The second-order valence-corrected chi connectivity index (χ2v) is 13.0. The van der Waals surface area contributed by atoms with E-state index in [9.17, 15) is 24.6 Å². The Morgan fingerprint density at radius 1 is 1.02 bits per heavy atom. The van der Waals surface area contributed by atoms with Gasteiger partial charge in [0.05, 0.1) is 11.0 Å². The van der Waals surface area contributed by atoms with Crippen LogP contribution >= 0.6 is 0 Å². The van der Waals surface area contributed by atoms with Gasteiger partial charge in [-0.25, -0.2) is 9.78 Å². The molecule has 4 aromatic rings. The summed E-state index contributed by atoms with van der Waals surface area (Å²) in [6, 6.07) is 22.6. The van der Waals surface area contributed by atoms with Crippen LogP contribution in [0.2, 0.25) is 0 Å². The molecule has 2 atom stereocenters. The molecule has 0 radical (unpaired) electrons. The van der Waals surface area contributed by atoms with Crippen molar-refractivity contribution in [2.24, 2.45) is 0 Å². The van der Waals surface area contributed by atoms with Crippen LogP contribution < -0.4 is 10.6 Å². The fourth-order valence-electron chi connectivity index (χ4n) is 6.26. The number of hydrogen-bond acceptors (Lipinski definition) is 6. The molecule has 11 nitrogen and oxygen atoms in total. The van der Waals surface area contributed by atoms with Crippen LogP contribution in [-0.2, 0) is 27.3 Å². The summed E-state index contributed by atoms with van der Waals surface area (Å²) in [5.41, 5.74) is 3.91. The highest BCUT2D eigenvalue weighted by Crippen LogP contribution is 2.30. The number of ether oxygens (including phenoxy) is 1. The number of nitrogens with zero attached hydrogens (tertiary/aromatic N) is 3. The van der Waals surface area contributed by atoms with Crippen LogP contribution in [0.15, 0.2) is 72.8 Å². The first-order chi connectivity index (χ1) is 23.0. The van der Waals surface area contributed by atoms with E-state index in [0.29, 0.717) is 31.8 Å². The summed E-state index contributed by atoms with van der Waals surface area (Å²) in [5.74, 6) is 0.507. The molecule has 2 heterocycles. The number of hydrogen-bond donors (Lipinski definition) is 4. The van der Waals surface area contributed by atoms with Crippen LogP contribution in [0.1, 0.15) is 56.8 Å². The zero-order chi connectivity index (χ0) is 34.3. The molecule has 0 spiro atoms. The van der Waals surface area contributed by atoms with E-state index in [1.165, 1.54) is 13.8 Å². The van der Waals surface area contributed by atoms with E-state index >= 15 is 0 Å². The van der Waals surface area contributed by atoms with Crippen molar-refractivity contribution in [1.82, 2.24) is 19.8 Å². The van der Waals surface area contributed by atoms with E-state index in [0.717, 1.165) is 59.4 Å². The molecule has 4 N–H and O–H groups in total. The number of rotatable bonds is 13. The molecule has 254 valence electrons. The minimum atomic E-state index is -1.48. The first-order valence-electron chi connectivity index (χ1n) is 16.5. The molecule has 1 saturated heterocycles. The number of aryl methyl sites for hydroxylation is 1. The second-order valence-electron chi connectivity index (χ2n) is 13.0. The Bertz CT molecular complexity index is 1710. The molecule has 0 aliphatic carbocycles. The molecule has 0 bridgehead atoms. The molecule has 0 unspecified atom stereocenters. The molecule has 1 aliphatic heterocycles. The number of carbonyl (C=O) groups is 3. The number of carboxylic acid groups (broad SMARTS) is 1. The lowest BCUT2D eigenvalue weighted by atomic mass is 9.95. The number of anilines is 1. The molecule has 3 amide bonds. The van der Waals surface area contributed by atoms with E-state index in [1.54, 1.807) is 19.2 Å². The van der Waals surface area contributed by atoms with E-state index in [1.807, 2.05) is 59.5 Å². The number of amides is 3. The van der Waals surface area contributed by atoms with Gasteiger partial charge in [0.15, 0.2) is 0 Å². The van der Waals surface area contributed by atoms with Gasteiger partial charge in [0.1, 0.15) is 11.4 Å². The number of nitrogens with one attached hydrogen (secondary N) is 2. The van der Waals surface area contributed by atoms with Crippen molar-refractivity contribution in [3.8, 4) is 11.1 Å². The molecule has 48 heavy (non-hydrogen) atoms. The van der Waals surface area contributed by atoms with Crippen molar-refractivity contribution in [3.63, 3.8) is 0 Å². The smallest absolute Gasteiger partial charge is 0.404 e. The minimum absolute atomic E-state index is 0.0584. The lowest BCUT2D eigenvalue weighted by molar-refractivity contribution is -0.133. The molecule has 5 rings (SSSR count). The normalized spacial score (nSPS) is 15.7. The van der Waals surface area contributed by atoms with Gasteiger partial charge in [-0.2, -0.15) is 0 Å². The average Bonchev–Trinajstić information content (AvgIpc) is 3.43. The minimum Gasteiger partial charge on any atom is -0.465 e. The average molecular weight is 656 g/mol. The molecule has 1 aromatic heterocycles. The standard InChI is InChI=1S/C37H45N5O6/c1-37(2,47)35(44)38-29-17-15-27(16-18-29)26-13-11-25(12-14-26)22-30(39-36(45)46)23-33(43)41-19-6-8-28(24-41)34-40-31-9-4-5-10-32(31)42(34)20-7-21-48-3/h4-5,9-18,28,30,39,47H,6-8,19-24H2,1-3H3,(H,38,44)(H,45,46)/t28-,30-/m1/s1. The van der Waals surface area contributed by atoms with Crippen molar-refractivity contribution in [2.45, 2.75) is 70.1 Å². The number of aromatic nitrogens is 2. The number of carbonyl (C=O) groups excluding carboxylic acids is 2. The van der Waals surface area contributed by atoms with Crippen molar-refractivity contribution in [1.29, 1.82) is 0 Å². The van der Waals surface area contributed by atoms with Crippen molar-refractivity contribution < 1.29 is 29.3 Å². The van der Waals surface area contributed by atoms with E-state index in [-0.39, 0.29) is 18.2 Å². The number of imidazole rings is 1. The van der Waals surface area contributed by atoms with Crippen molar-refractivity contribution in [3.05, 3.63) is 84.2 Å². The molecule has 3 aromatic carbocycles. The number of methoxy groups -OCH3 is 1. The highest BCUT2D eigenvalue weighted by Gasteiger charge is 2.30. The highest BCUT2D eigenvalue weighted by molar-refractivity contribution is 5.96. The summed E-state index contributed by atoms with van der Waals surface area (Å²) in [5, 5.41) is 24.7. The van der Waals surface area contributed by atoms with Crippen LogP contribution in [-0.4, -0.2) is 81.0 Å². The topological polar surface area (TPSA) is 146 Å². The van der Waals surface area contributed by atoms with Crippen molar-refractivity contribution >= 4 is 34.6 Å². The number of likely N-dealkylation sites (tertiary alicyclic amines) is 1. The van der Waals surface area contributed by atoms with Gasteiger partial charge < -0.3 is 35.1 Å². The quantitative estimate of drug-likeness (QED) is 0.141. The van der Waals surface area contributed by atoms with E-state index in [4.69, 9.17) is 9.72 Å². The number of benzene rings is 3. The maximum Gasteiger partial charge on any atom is 0.404 e. The molecule has 1 aliphatic rings. The Labute approximate surface area is 280 Å². The summed E-state index contributed by atoms with van der Waals surface area (Å²) >= 11 is 0. The predicted molar refractivity (Wildman–Crippen MR) is 185 cm³/mol. The van der Waals surface area contributed by atoms with Gasteiger partial charge in [-0.05, 0) is 80.5 Å². The fraction of sp³-hybridized carbons (Fsp3) is 0.405.